The van der Waals surface area contributed by atoms with Crippen LogP contribution in [0, 0.1) is 0 Å². The highest BCUT2D eigenvalue weighted by atomic mass is 35.5. The summed E-state index contributed by atoms with van der Waals surface area (Å²) in [7, 11) is 0. The van der Waals surface area contributed by atoms with Crippen LogP contribution >= 0.6 is 11.6 Å². The van der Waals surface area contributed by atoms with Crippen molar-refractivity contribution >= 4 is 23.3 Å². The van der Waals surface area contributed by atoms with Crippen LogP contribution in [0.3, 0.4) is 0 Å². The summed E-state index contributed by atoms with van der Waals surface area (Å²) < 4.78 is 1.51. The van der Waals surface area contributed by atoms with Crippen molar-refractivity contribution < 1.29 is 9.59 Å². The average Bonchev–Trinajstić information content (AvgIpc) is 2.60. The lowest BCUT2D eigenvalue weighted by Gasteiger charge is -2.07. The van der Waals surface area contributed by atoms with Crippen molar-refractivity contribution in [2.45, 2.75) is 25.8 Å². The molecule has 0 aliphatic heterocycles. The molecule has 1 aromatic carbocycles. The highest BCUT2D eigenvalue weighted by molar-refractivity contribution is 6.30. The number of hydrogen-bond acceptors (Lipinski definition) is 3. The van der Waals surface area contributed by atoms with Gasteiger partial charge in [-0.25, -0.2) is 0 Å². The zero-order valence-electron chi connectivity index (χ0n) is 13.2. The Balaban J connectivity index is 1.67. The van der Waals surface area contributed by atoms with Crippen molar-refractivity contribution in [3.8, 4) is 0 Å². The van der Waals surface area contributed by atoms with Crippen LogP contribution < -0.4 is 10.9 Å². The number of amides is 1. The van der Waals surface area contributed by atoms with E-state index >= 15 is 0 Å². The Hall–Kier alpha value is -2.40. The Morgan fingerprint density at radius 1 is 1.04 bits per heavy atom. The standard InChI is InChI=1S/C18H19ClN2O3/c19-15-7-10-18(24)21(13-15)12-4-11-20-17(23)9-8-16(22)14-5-2-1-3-6-14/h1-3,5-7,10,13H,4,8-9,11-12H2,(H,20,23). The number of halogens is 1. The molecule has 24 heavy (non-hydrogen) atoms. The zero-order chi connectivity index (χ0) is 17.4. The fourth-order valence-corrected chi connectivity index (χ4v) is 2.42. The van der Waals surface area contributed by atoms with Gasteiger partial charge in [0.15, 0.2) is 5.78 Å². The number of carbonyl (C=O) groups is 2. The molecule has 0 radical (unpaired) electrons. The van der Waals surface area contributed by atoms with Gasteiger partial charge < -0.3 is 9.88 Å². The predicted octanol–water partition coefficient (Wildman–Crippen LogP) is 2.67. The summed E-state index contributed by atoms with van der Waals surface area (Å²) in [6.07, 6.45) is 2.53. The van der Waals surface area contributed by atoms with Crippen LogP contribution in [0.25, 0.3) is 0 Å². The van der Waals surface area contributed by atoms with Crippen LogP contribution in [0.2, 0.25) is 5.02 Å². The molecule has 0 saturated carbocycles. The van der Waals surface area contributed by atoms with E-state index in [9.17, 15) is 14.4 Å². The quantitative estimate of drug-likeness (QED) is 0.590. The molecule has 2 rings (SSSR count). The number of pyridine rings is 1. The molecule has 0 unspecified atom stereocenters. The Morgan fingerprint density at radius 3 is 2.54 bits per heavy atom. The number of ketones is 1. The van der Waals surface area contributed by atoms with Gasteiger partial charge in [-0.2, -0.15) is 0 Å². The van der Waals surface area contributed by atoms with Crippen LogP contribution in [-0.4, -0.2) is 22.8 Å². The SMILES string of the molecule is O=C(CCC(=O)c1ccccc1)NCCCn1cc(Cl)ccc1=O. The summed E-state index contributed by atoms with van der Waals surface area (Å²) in [5.74, 6) is -0.214. The van der Waals surface area contributed by atoms with Gasteiger partial charge in [-0.3, -0.25) is 14.4 Å². The van der Waals surface area contributed by atoms with Gasteiger partial charge in [0.2, 0.25) is 5.91 Å². The third-order valence-electron chi connectivity index (χ3n) is 3.52. The Morgan fingerprint density at radius 2 is 1.79 bits per heavy atom. The normalized spacial score (nSPS) is 10.4. The fraction of sp³-hybridized carbons (Fsp3) is 0.278. The van der Waals surface area contributed by atoms with E-state index in [2.05, 4.69) is 5.32 Å². The van der Waals surface area contributed by atoms with Crippen LogP contribution in [0.15, 0.2) is 53.5 Å². The molecule has 1 aromatic heterocycles. The number of nitrogens with one attached hydrogen (secondary N) is 1. The minimum absolute atomic E-state index is 0.0452. The molecular weight excluding hydrogens is 328 g/mol. The molecule has 0 aliphatic rings. The molecule has 126 valence electrons. The van der Waals surface area contributed by atoms with E-state index < -0.39 is 0 Å². The molecule has 2 aromatic rings. The van der Waals surface area contributed by atoms with Gasteiger partial charge in [-0.05, 0) is 12.5 Å². The van der Waals surface area contributed by atoms with Crippen molar-refractivity contribution in [3.63, 3.8) is 0 Å². The number of hydrogen-bond donors (Lipinski definition) is 1. The number of rotatable bonds is 8. The maximum Gasteiger partial charge on any atom is 0.250 e. The second-order valence-electron chi connectivity index (χ2n) is 5.37. The minimum atomic E-state index is -0.169. The number of nitrogens with zero attached hydrogens (tertiary/aromatic N) is 1. The number of benzene rings is 1. The number of aromatic nitrogens is 1. The molecule has 0 bridgehead atoms. The molecule has 0 fully saturated rings. The smallest absolute Gasteiger partial charge is 0.250 e. The van der Waals surface area contributed by atoms with Crippen LogP contribution in [0.1, 0.15) is 29.6 Å². The van der Waals surface area contributed by atoms with Gasteiger partial charge in [-0.15, -0.1) is 0 Å². The first kappa shape index (κ1) is 17.9. The maximum absolute atomic E-state index is 11.9. The van der Waals surface area contributed by atoms with E-state index in [-0.39, 0.29) is 30.1 Å². The van der Waals surface area contributed by atoms with Gasteiger partial charge in [-0.1, -0.05) is 41.9 Å². The summed E-state index contributed by atoms with van der Waals surface area (Å²) in [5.41, 5.74) is 0.491. The second kappa shape index (κ2) is 9.03. The predicted molar refractivity (Wildman–Crippen MR) is 93.3 cm³/mol. The lowest BCUT2D eigenvalue weighted by atomic mass is 10.1. The minimum Gasteiger partial charge on any atom is -0.356 e. The summed E-state index contributed by atoms with van der Waals surface area (Å²) in [5, 5.41) is 3.25. The fourth-order valence-electron chi connectivity index (χ4n) is 2.24. The largest absolute Gasteiger partial charge is 0.356 e. The molecule has 0 spiro atoms. The van der Waals surface area contributed by atoms with Crippen LogP contribution in [0.4, 0.5) is 0 Å². The summed E-state index contributed by atoms with van der Waals surface area (Å²) in [6, 6.07) is 11.9. The molecule has 1 N–H and O–H groups in total. The molecule has 5 nitrogen and oxygen atoms in total. The molecule has 0 atom stereocenters. The third kappa shape index (κ3) is 5.66. The third-order valence-corrected chi connectivity index (χ3v) is 3.74. The van der Waals surface area contributed by atoms with Crippen molar-refractivity contribution in [2.24, 2.45) is 0 Å². The first-order valence-corrected chi connectivity index (χ1v) is 8.15. The van der Waals surface area contributed by atoms with E-state index in [0.717, 1.165) is 0 Å². The maximum atomic E-state index is 11.9. The van der Waals surface area contributed by atoms with E-state index in [0.29, 0.717) is 30.1 Å². The Labute approximate surface area is 145 Å². The lowest BCUT2D eigenvalue weighted by molar-refractivity contribution is -0.121. The molecule has 0 aliphatic carbocycles. The molecule has 1 amide bonds. The summed E-state index contributed by atoms with van der Waals surface area (Å²) >= 11 is 5.84. The topological polar surface area (TPSA) is 68.2 Å². The van der Waals surface area contributed by atoms with Crippen molar-refractivity contribution in [1.82, 2.24) is 9.88 Å². The van der Waals surface area contributed by atoms with Gasteiger partial charge in [0, 0.05) is 43.8 Å². The van der Waals surface area contributed by atoms with Crippen molar-refractivity contribution in [1.29, 1.82) is 0 Å². The van der Waals surface area contributed by atoms with E-state index in [1.165, 1.54) is 10.6 Å². The van der Waals surface area contributed by atoms with Gasteiger partial charge in [0.05, 0.1) is 5.02 Å². The van der Waals surface area contributed by atoms with Crippen molar-refractivity contribution in [2.75, 3.05) is 6.54 Å². The highest BCUT2D eigenvalue weighted by Gasteiger charge is 2.08. The van der Waals surface area contributed by atoms with Gasteiger partial charge in [0.1, 0.15) is 0 Å². The zero-order valence-corrected chi connectivity index (χ0v) is 14.0. The van der Waals surface area contributed by atoms with Gasteiger partial charge in [0.25, 0.3) is 5.56 Å². The monoisotopic (exact) mass is 346 g/mol. The lowest BCUT2D eigenvalue weighted by Crippen LogP contribution is -2.27. The molecular formula is C18H19ClN2O3. The second-order valence-corrected chi connectivity index (χ2v) is 5.81. The summed E-state index contributed by atoms with van der Waals surface area (Å²) in [6.45, 7) is 0.917. The molecule has 6 heteroatoms. The highest BCUT2D eigenvalue weighted by Crippen LogP contribution is 2.05. The van der Waals surface area contributed by atoms with Crippen LogP contribution in [-0.2, 0) is 11.3 Å². The van der Waals surface area contributed by atoms with Gasteiger partial charge >= 0.3 is 0 Å². The first-order chi connectivity index (χ1) is 11.6. The first-order valence-electron chi connectivity index (χ1n) is 7.77. The number of Topliss-reactive ketones (excluding diaryl/α,β-unsaturated/α-hetero) is 1. The van der Waals surface area contributed by atoms with E-state index in [1.807, 2.05) is 6.07 Å². The number of carbonyl (C=O) groups excluding carboxylic acids is 2. The molecule has 1 heterocycles. The summed E-state index contributed by atoms with van der Waals surface area (Å²) in [4.78, 5) is 35.3. The number of aryl methyl sites for hydroxylation is 1. The van der Waals surface area contributed by atoms with E-state index in [4.69, 9.17) is 11.6 Å². The van der Waals surface area contributed by atoms with E-state index in [1.54, 1.807) is 36.5 Å². The average molecular weight is 347 g/mol. The molecule has 0 saturated heterocycles. The van der Waals surface area contributed by atoms with Crippen molar-refractivity contribution in [3.05, 3.63) is 69.6 Å². The Kier molecular flexibility index (Phi) is 6.75. The van der Waals surface area contributed by atoms with Crippen LogP contribution in [0.5, 0.6) is 0 Å². The Bertz CT molecular complexity index is 756.